The van der Waals surface area contributed by atoms with Crippen LogP contribution in [0.3, 0.4) is 0 Å². The van der Waals surface area contributed by atoms with E-state index in [1.165, 1.54) is 13.2 Å². The molecule has 0 heterocycles. The number of benzene rings is 1. The number of ether oxygens (including phenoxy) is 3. The number of hydrogen-bond donors (Lipinski definition) is 0. The van der Waals surface area contributed by atoms with E-state index in [9.17, 15) is 4.79 Å². The normalized spacial score (nSPS) is 9.59. The highest BCUT2D eigenvalue weighted by atomic mass is 16.6. The van der Waals surface area contributed by atoms with Crippen LogP contribution < -0.4 is 14.2 Å². The summed E-state index contributed by atoms with van der Waals surface area (Å²) in [5, 5.41) is 0. The van der Waals surface area contributed by atoms with E-state index < -0.39 is 0 Å². The van der Waals surface area contributed by atoms with Gasteiger partial charge in [-0.3, -0.25) is 4.79 Å². The molecule has 0 aliphatic carbocycles. The SMILES string of the molecule is C=CCC(=O)Oc1cc(OC)c(C)cc1OC. The summed E-state index contributed by atoms with van der Waals surface area (Å²) in [7, 11) is 3.08. The van der Waals surface area contributed by atoms with Crippen molar-refractivity contribution in [2.24, 2.45) is 0 Å². The van der Waals surface area contributed by atoms with E-state index in [1.807, 2.05) is 6.92 Å². The van der Waals surface area contributed by atoms with Crippen molar-refractivity contribution >= 4 is 5.97 Å². The van der Waals surface area contributed by atoms with E-state index >= 15 is 0 Å². The average Bonchev–Trinajstić information content (AvgIpc) is 2.31. The van der Waals surface area contributed by atoms with Crippen molar-refractivity contribution in [1.29, 1.82) is 0 Å². The summed E-state index contributed by atoms with van der Waals surface area (Å²) in [4.78, 5) is 11.4. The van der Waals surface area contributed by atoms with Crippen LogP contribution in [0.1, 0.15) is 12.0 Å². The number of esters is 1. The van der Waals surface area contributed by atoms with Crippen molar-refractivity contribution < 1.29 is 19.0 Å². The number of hydrogen-bond acceptors (Lipinski definition) is 4. The minimum atomic E-state index is -0.385. The molecule has 0 saturated carbocycles. The lowest BCUT2D eigenvalue weighted by Crippen LogP contribution is -2.07. The van der Waals surface area contributed by atoms with Gasteiger partial charge in [-0.2, -0.15) is 0 Å². The molecule has 0 atom stereocenters. The Labute approximate surface area is 101 Å². The van der Waals surface area contributed by atoms with E-state index in [2.05, 4.69) is 6.58 Å². The van der Waals surface area contributed by atoms with E-state index in [4.69, 9.17) is 14.2 Å². The quantitative estimate of drug-likeness (QED) is 0.447. The van der Waals surface area contributed by atoms with Gasteiger partial charge >= 0.3 is 5.97 Å². The first kappa shape index (κ1) is 13.1. The zero-order valence-electron chi connectivity index (χ0n) is 10.3. The van der Waals surface area contributed by atoms with Gasteiger partial charge in [-0.1, -0.05) is 6.08 Å². The van der Waals surface area contributed by atoms with E-state index in [-0.39, 0.29) is 12.4 Å². The molecule has 0 saturated heterocycles. The number of carbonyl (C=O) groups excluding carboxylic acids is 1. The molecular weight excluding hydrogens is 220 g/mol. The lowest BCUT2D eigenvalue weighted by Gasteiger charge is -2.12. The molecule has 0 amide bonds. The van der Waals surface area contributed by atoms with Gasteiger partial charge in [0.25, 0.3) is 0 Å². The summed E-state index contributed by atoms with van der Waals surface area (Å²) in [6.45, 7) is 5.36. The summed E-state index contributed by atoms with van der Waals surface area (Å²) in [5.41, 5.74) is 0.910. The Bertz CT molecular complexity index is 424. The van der Waals surface area contributed by atoms with Crippen molar-refractivity contribution in [2.75, 3.05) is 14.2 Å². The van der Waals surface area contributed by atoms with Crippen LogP contribution in [-0.2, 0) is 4.79 Å². The van der Waals surface area contributed by atoms with Gasteiger partial charge in [0.15, 0.2) is 11.5 Å². The third-order valence-electron chi connectivity index (χ3n) is 2.22. The Morgan fingerprint density at radius 1 is 1.24 bits per heavy atom. The summed E-state index contributed by atoms with van der Waals surface area (Å²) >= 11 is 0. The number of methoxy groups -OCH3 is 2. The molecule has 0 aromatic heterocycles. The van der Waals surface area contributed by atoms with Crippen LogP contribution in [0.25, 0.3) is 0 Å². The molecule has 4 nitrogen and oxygen atoms in total. The maximum atomic E-state index is 11.4. The molecule has 0 spiro atoms. The maximum absolute atomic E-state index is 11.4. The second-order valence-electron chi connectivity index (χ2n) is 3.44. The van der Waals surface area contributed by atoms with Crippen LogP contribution >= 0.6 is 0 Å². The highest BCUT2D eigenvalue weighted by Crippen LogP contribution is 2.34. The lowest BCUT2D eigenvalue weighted by atomic mass is 10.2. The zero-order valence-corrected chi connectivity index (χ0v) is 10.3. The molecule has 1 aromatic carbocycles. The Balaban J connectivity index is 3.03. The molecule has 0 fully saturated rings. The van der Waals surface area contributed by atoms with Crippen molar-refractivity contribution in [2.45, 2.75) is 13.3 Å². The fraction of sp³-hybridized carbons (Fsp3) is 0.308. The van der Waals surface area contributed by atoms with Gasteiger partial charge in [0.2, 0.25) is 0 Å². The summed E-state index contributed by atoms with van der Waals surface area (Å²) in [6, 6.07) is 3.39. The third-order valence-corrected chi connectivity index (χ3v) is 2.22. The fourth-order valence-electron chi connectivity index (χ4n) is 1.38. The number of rotatable bonds is 5. The average molecular weight is 236 g/mol. The van der Waals surface area contributed by atoms with Crippen molar-refractivity contribution in [3.05, 3.63) is 30.4 Å². The Hall–Kier alpha value is -1.97. The second kappa shape index (κ2) is 5.94. The van der Waals surface area contributed by atoms with Crippen LogP contribution in [0.15, 0.2) is 24.8 Å². The molecule has 0 unspecified atom stereocenters. The van der Waals surface area contributed by atoms with Crippen molar-refractivity contribution in [3.8, 4) is 17.2 Å². The molecule has 0 N–H and O–H groups in total. The zero-order chi connectivity index (χ0) is 12.8. The number of carbonyl (C=O) groups is 1. The van der Waals surface area contributed by atoms with Crippen LogP contribution in [0.2, 0.25) is 0 Å². The van der Waals surface area contributed by atoms with Gasteiger partial charge in [0.05, 0.1) is 20.6 Å². The first-order valence-electron chi connectivity index (χ1n) is 5.16. The van der Waals surface area contributed by atoms with E-state index in [0.717, 1.165) is 5.56 Å². The number of aryl methyl sites for hydroxylation is 1. The third kappa shape index (κ3) is 3.24. The molecule has 0 bridgehead atoms. The molecule has 1 aromatic rings. The van der Waals surface area contributed by atoms with Gasteiger partial charge < -0.3 is 14.2 Å². The Morgan fingerprint density at radius 2 is 1.88 bits per heavy atom. The van der Waals surface area contributed by atoms with Crippen molar-refractivity contribution in [3.63, 3.8) is 0 Å². The molecule has 0 aliphatic heterocycles. The summed E-state index contributed by atoms with van der Waals surface area (Å²) < 4.78 is 15.5. The largest absolute Gasteiger partial charge is 0.496 e. The first-order valence-corrected chi connectivity index (χ1v) is 5.16. The molecule has 17 heavy (non-hydrogen) atoms. The van der Waals surface area contributed by atoms with Crippen LogP contribution in [0.4, 0.5) is 0 Å². The molecule has 1 rings (SSSR count). The van der Waals surface area contributed by atoms with E-state index in [1.54, 1.807) is 19.2 Å². The fourth-order valence-corrected chi connectivity index (χ4v) is 1.38. The molecular formula is C13H16O4. The Kier molecular flexibility index (Phi) is 4.57. The minimum absolute atomic E-state index is 0.152. The lowest BCUT2D eigenvalue weighted by molar-refractivity contribution is -0.133. The van der Waals surface area contributed by atoms with E-state index in [0.29, 0.717) is 17.2 Å². The van der Waals surface area contributed by atoms with Gasteiger partial charge in [-0.15, -0.1) is 6.58 Å². The highest BCUT2D eigenvalue weighted by molar-refractivity contribution is 5.75. The van der Waals surface area contributed by atoms with Crippen molar-refractivity contribution in [1.82, 2.24) is 0 Å². The van der Waals surface area contributed by atoms with Gasteiger partial charge in [0.1, 0.15) is 5.75 Å². The molecule has 0 radical (unpaired) electrons. The molecule has 92 valence electrons. The Morgan fingerprint density at radius 3 is 2.41 bits per heavy atom. The molecule has 0 aliphatic rings. The van der Waals surface area contributed by atoms with Crippen LogP contribution in [0.5, 0.6) is 17.2 Å². The molecule has 4 heteroatoms. The van der Waals surface area contributed by atoms with Crippen LogP contribution in [-0.4, -0.2) is 20.2 Å². The highest BCUT2D eigenvalue weighted by Gasteiger charge is 2.12. The topological polar surface area (TPSA) is 44.8 Å². The predicted molar refractivity (Wildman–Crippen MR) is 64.7 cm³/mol. The monoisotopic (exact) mass is 236 g/mol. The van der Waals surface area contributed by atoms with Gasteiger partial charge in [0, 0.05) is 6.07 Å². The maximum Gasteiger partial charge on any atom is 0.315 e. The smallest absolute Gasteiger partial charge is 0.315 e. The van der Waals surface area contributed by atoms with Gasteiger partial charge in [-0.05, 0) is 18.6 Å². The van der Waals surface area contributed by atoms with Gasteiger partial charge in [-0.25, -0.2) is 0 Å². The minimum Gasteiger partial charge on any atom is -0.496 e. The predicted octanol–water partition coefficient (Wildman–Crippen LogP) is 2.49. The first-order chi connectivity index (χ1) is 8.12. The van der Waals surface area contributed by atoms with Crippen LogP contribution in [0, 0.1) is 6.92 Å². The summed E-state index contributed by atoms with van der Waals surface area (Å²) in [5.74, 6) is 1.11. The summed E-state index contributed by atoms with van der Waals surface area (Å²) in [6.07, 6.45) is 1.64. The standard InChI is InChI=1S/C13H16O4/c1-5-6-13(14)17-12-8-10(15-3)9(2)7-11(12)16-4/h5,7-8H,1,6H2,2-4H3. The second-order valence-corrected chi connectivity index (χ2v) is 3.44.